The molecule has 0 fully saturated rings. The van der Waals surface area contributed by atoms with Gasteiger partial charge in [-0.05, 0) is 52.9 Å². The molecular weight excluding hydrogens is 305 g/mol. The van der Waals surface area contributed by atoms with Gasteiger partial charge in [-0.3, -0.25) is 5.41 Å². The van der Waals surface area contributed by atoms with Crippen LogP contribution in [0.1, 0.15) is 12.5 Å². The van der Waals surface area contributed by atoms with E-state index in [0.29, 0.717) is 5.71 Å². The standard InChI is InChI=1S/C16H13Cl2N3/c1-11(20-16(18)21-15(17)19)13-8-5-9-14(10-13)12-6-3-2-4-7-12/h2-10,19H,1H3/b19-15?,20-11+,21-16-. The van der Waals surface area contributed by atoms with Gasteiger partial charge in [0.1, 0.15) is 0 Å². The molecule has 0 spiro atoms. The number of halogens is 2. The van der Waals surface area contributed by atoms with Gasteiger partial charge >= 0.3 is 0 Å². The van der Waals surface area contributed by atoms with E-state index in [2.05, 4.69) is 22.1 Å². The van der Waals surface area contributed by atoms with Crippen LogP contribution >= 0.6 is 23.2 Å². The maximum atomic E-state index is 7.04. The van der Waals surface area contributed by atoms with Crippen molar-refractivity contribution in [1.29, 1.82) is 5.41 Å². The van der Waals surface area contributed by atoms with Crippen LogP contribution in [0.4, 0.5) is 0 Å². The van der Waals surface area contributed by atoms with Crippen molar-refractivity contribution >= 4 is 39.5 Å². The highest BCUT2D eigenvalue weighted by atomic mass is 35.5. The summed E-state index contributed by atoms with van der Waals surface area (Å²) in [6, 6.07) is 18.1. The Morgan fingerprint density at radius 3 is 2.24 bits per heavy atom. The van der Waals surface area contributed by atoms with E-state index in [1.807, 2.05) is 49.4 Å². The second kappa shape index (κ2) is 7.16. The summed E-state index contributed by atoms with van der Waals surface area (Å²) in [5.74, 6) is 0. The van der Waals surface area contributed by atoms with Crippen molar-refractivity contribution < 1.29 is 0 Å². The number of benzene rings is 2. The van der Waals surface area contributed by atoms with E-state index in [4.69, 9.17) is 28.6 Å². The molecule has 0 aliphatic rings. The fraction of sp³-hybridized carbons (Fsp3) is 0.0625. The smallest absolute Gasteiger partial charge is 0.225 e. The molecule has 106 valence electrons. The number of amidine groups is 2. The molecule has 0 aliphatic carbocycles. The van der Waals surface area contributed by atoms with Crippen molar-refractivity contribution in [2.45, 2.75) is 6.92 Å². The molecule has 2 rings (SSSR count). The van der Waals surface area contributed by atoms with Crippen LogP contribution in [0.3, 0.4) is 0 Å². The minimum atomic E-state index is -0.394. The van der Waals surface area contributed by atoms with E-state index in [9.17, 15) is 0 Å². The molecule has 21 heavy (non-hydrogen) atoms. The molecule has 0 saturated heterocycles. The summed E-state index contributed by atoms with van der Waals surface area (Å²) in [6.07, 6.45) is 0. The zero-order chi connectivity index (χ0) is 15.2. The minimum absolute atomic E-state index is 0.0578. The van der Waals surface area contributed by atoms with Crippen LogP contribution in [-0.2, 0) is 0 Å². The van der Waals surface area contributed by atoms with E-state index < -0.39 is 5.29 Å². The van der Waals surface area contributed by atoms with Crippen LogP contribution in [-0.4, -0.2) is 16.3 Å². The predicted octanol–water partition coefficient (Wildman–Crippen LogP) is 4.93. The Morgan fingerprint density at radius 2 is 1.57 bits per heavy atom. The zero-order valence-electron chi connectivity index (χ0n) is 11.3. The number of nitrogens with zero attached hydrogens (tertiary/aromatic N) is 2. The van der Waals surface area contributed by atoms with E-state index in [0.717, 1.165) is 16.7 Å². The summed E-state index contributed by atoms with van der Waals surface area (Å²) in [5.41, 5.74) is 3.88. The molecule has 0 radical (unpaired) electrons. The first-order chi connectivity index (χ1) is 10.1. The van der Waals surface area contributed by atoms with Gasteiger partial charge in [-0.25, -0.2) is 4.99 Å². The molecule has 0 aliphatic heterocycles. The Bertz CT molecular complexity index is 706. The molecule has 0 amide bonds. The highest BCUT2D eigenvalue weighted by Crippen LogP contribution is 2.20. The van der Waals surface area contributed by atoms with Crippen LogP contribution in [0.5, 0.6) is 0 Å². The van der Waals surface area contributed by atoms with Crippen molar-refractivity contribution in [3.05, 3.63) is 60.2 Å². The Morgan fingerprint density at radius 1 is 0.905 bits per heavy atom. The molecule has 3 nitrogen and oxygen atoms in total. The Hall–Kier alpha value is -1.97. The molecule has 2 aromatic rings. The fourth-order valence-corrected chi connectivity index (χ4v) is 2.20. The van der Waals surface area contributed by atoms with Gasteiger partial charge < -0.3 is 0 Å². The lowest BCUT2D eigenvalue weighted by molar-refractivity contribution is 1.48. The molecule has 0 saturated carbocycles. The summed E-state index contributed by atoms with van der Waals surface area (Å²) < 4.78 is 0. The SMILES string of the molecule is C/C(=N\C(Cl)=N/C(=N)Cl)c1cccc(-c2ccccc2)c1. The number of hydrogen-bond donors (Lipinski definition) is 1. The van der Waals surface area contributed by atoms with E-state index in [1.54, 1.807) is 0 Å². The van der Waals surface area contributed by atoms with Gasteiger partial charge in [-0.1, -0.05) is 48.5 Å². The topological polar surface area (TPSA) is 48.6 Å². The number of nitrogens with one attached hydrogen (secondary N) is 1. The largest absolute Gasteiger partial charge is 0.272 e. The second-order valence-electron chi connectivity index (χ2n) is 4.32. The average Bonchev–Trinajstić information content (AvgIpc) is 2.47. The predicted molar refractivity (Wildman–Crippen MR) is 91.0 cm³/mol. The fourth-order valence-electron chi connectivity index (χ4n) is 1.86. The molecular formula is C16H13Cl2N3. The third-order valence-electron chi connectivity index (χ3n) is 2.84. The first-order valence-electron chi connectivity index (χ1n) is 6.25. The van der Waals surface area contributed by atoms with Gasteiger partial charge in [0.25, 0.3) is 0 Å². The van der Waals surface area contributed by atoms with Gasteiger partial charge in [-0.2, -0.15) is 4.99 Å². The van der Waals surface area contributed by atoms with Gasteiger partial charge in [0, 0.05) is 5.71 Å². The van der Waals surface area contributed by atoms with Gasteiger partial charge in [0.2, 0.25) is 10.6 Å². The summed E-state index contributed by atoms with van der Waals surface area (Å²) in [7, 11) is 0. The highest BCUT2D eigenvalue weighted by molar-refractivity contribution is 6.71. The van der Waals surface area contributed by atoms with E-state index >= 15 is 0 Å². The van der Waals surface area contributed by atoms with Crippen LogP contribution in [0.25, 0.3) is 11.1 Å². The summed E-state index contributed by atoms with van der Waals surface area (Å²) in [4.78, 5) is 7.70. The summed E-state index contributed by atoms with van der Waals surface area (Å²) >= 11 is 11.2. The Kier molecular flexibility index (Phi) is 5.26. The van der Waals surface area contributed by atoms with Crippen LogP contribution in [0.2, 0.25) is 0 Å². The van der Waals surface area contributed by atoms with Crippen molar-refractivity contribution in [3.63, 3.8) is 0 Å². The first-order valence-corrected chi connectivity index (χ1v) is 7.01. The first kappa shape index (κ1) is 15.4. The zero-order valence-corrected chi connectivity index (χ0v) is 12.9. The molecule has 0 aromatic heterocycles. The van der Waals surface area contributed by atoms with Crippen LogP contribution in [0.15, 0.2) is 64.6 Å². The van der Waals surface area contributed by atoms with E-state index in [1.165, 1.54) is 0 Å². The van der Waals surface area contributed by atoms with Crippen molar-refractivity contribution in [2.75, 3.05) is 0 Å². The molecule has 5 heteroatoms. The van der Waals surface area contributed by atoms with Crippen LogP contribution < -0.4 is 0 Å². The summed E-state index contributed by atoms with van der Waals surface area (Å²) in [6.45, 7) is 1.83. The lowest BCUT2D eigenvalue weighted by atomic mass is 10.0. The Labute approximate surface area is 133 Å². The molecule has 0 heterocycles. The Balaban J connectivity index is 2.34. The van der Waals surface area contributed by atoms with Gasteiger partial charge in [0.05, 0.1) is 0 Å². The molecule has 0 atom stereocenters. The van der Waals surface area contributed by atoms with Crippen molar-refractivity contribution in [1.82, 2.24) is 0 Å². The maximum absolute atomic E-state index is 7.04. The third-order valence-corrected chi connectivity index (χ3v) is 3.09. The van der Waals surface area contributed by atoms with E-state index in [-0.39, 0.29) is 5.29 Å². The minimum Gasteiger partial charge on any atom is -0.272 e. The average molecular weight is 318 g/mol. The third kappa shape index (κ3) is 4.52. The molecule has 0 unspecified atom stereocenters. The number of rotatable bonds is 2. The van der Waals surface area contributed by atoms with Gasteiger partial charge in [0.15, 0.2) is 0 Å². The van der Waals surface area contributed by atoms with Crippen LogP contribution in [0, 0.1) is 5.41 Å². The number of aliphatic imine (C=N–C) groups is 2. The van der Waals surface area contributed by atoms with Crippen molar-refractivity contribution in [3.8, 4) is 11.1 Å². The maximum Gasteiger partial charge on any atom is 0.225 e. The van der Waals surface area contributed by atoms with Crippen molar-refractivity contribution in [2.24, 2.45) is 9.98 Å². The second-order valence-corrected chi connectivity index (χ2v) is 5.01. The number of hydrogen-bond acceptors (Lipinski definition) is 1. The highest BCUT2D eigenvalue weighted by Gasteiger charge is 2.03. The molecule has 0 bridgehead atoms. The summed E-state index contributed by atoms with van der Waals surface area (Å²) in [5, 5.41) is 6.59. The lowest BCUT2D eigenvalue weighted by Crippen LogP contribution is -1.98. The monoisotopic (exact) mass is 317 g/mol. The molecule has 2 aromatic carbocycles. The quantitative estimate of drug-likeness (QED) is 0.464. The lowest BCUT2D eigenvalue weighted by Gasteiger charge is -2.05. The molecule has 1 N–H and O–H groups in total. The van der Waals surface area contributed by atoms with Gasteiger partial charge in [-0.15, -0.1) is 0 Å². The normalized spacial score (nSPS) is 12.3.